The summed E-state index contributed by atoms with van der Waals surface area (Å²) in [5, 5.41) is 3.12. The average Bonchev–Trinajstić information content (AvgIpc) is 2.54. The van der Waals surface area contributed by atoms with Crippen molar-refractivity contribution in [1.29, 1.82) is 0 Å². The zero-order chi connectivity index (χ0) is 16.2. The van der Waals surface area contributed by atoms with E-state index in [0.717, 1.165) is 10.0 Å². The number of halogens is 1. The molecule has 120 valence electrons. The third-order valence-electron chi connectivity index (χ3n) is 4.50. The number of hydrogen-bond donors (Lipinski definition) is 1. The minimum atomic E-state index is 0.0434. The molecule has 0 aromatic heterocycles. The topological polar surface area (TPSA) is 29.1 Å². The highest BCUT2D eigenvalue weighted by Crippen LogP contribution is 2.24. The molecule has 0 saturated carbocycles. The lowest BCUT2D eigenvalue weighted by Crippen LogP contribution is -2.28. The number of benzene rings is 2. The molecule has 0 aliphatic heterocycles. The molecule has 1 aliphatic carbocycles. The van der Waals surface area contributed by atoms with Crippen LogP contribution in [0.15, 0.2) is 46.9 Å². The van der Waals surface area contributed by atoms with Gasteiger partial charge in [-0.05, 0) is 67.0 Å². The highest BCUT2D eigenvalue weighted by atomic mass is 79.9. The average molecular weight is 372 g/mol. The van der Waals surface area contributed by atoms with Gasteiger partial charge >= 0.3 is 0 Å². The van der Waals surface area contributed by atoms with Gasteiger partial charge < -0.3 is 5.32 Å². The molecule has 23 heavy (non-hydrogen) atoms. The number of amides is 1. The van der Waals surface area contributed by atoms with Crippen molar-refractivity contribution in [1.82, 2.24) is 5.32 Å². The standard InChI is InChI=1S/C20H22BrNO/c1-14(17-10-9-16-6-2-3-7-18(16)13-17)22-20(23)12-15-5-4-8-19(21)11-15/h4-5,8-11,13-14H,2-3,6-7,12H2,1H3,(H,22,23)/t14-/m0/s1. The van der Waals surface area contributed by atoms with Crippen LogP contribution in [0.4, 0.5) is 0 Å². The molecule has 2 aromatic carbocycles. The molecular weight excluding hydrogens is 350 g/mol. The van der Waals surface area contributed by atoms with Gasteiger partial charge in [-0.1, -0.05) is 46.3 Å². The van der Waals surface area contributed by atoms with Crippen LogP contribution < -0.4 is 5.32 Å². The minimum Gasteiger partial charge on any atom is -0.349 e. The summed E-state index contributed by atoms with van der Waals surface area (Å²) >= 11 is 3.44. The summed E-state index contributed by atoms with van der Waals surface area (Å²) in [5.41, 5.74) is 5.16. The lowest BCUT2D eigenvalue weighted by molar-refractivity contribution is -0.121. The SMILES string of the molecule is C[C@H](NC(=O)Cc1cccc(Br)c1)c1ccc2c(c1)CCCC2. The number of fused-ring (bicyclic) bond motifs is 1. The molecule has 0 bridgehead atoms. The van der Waals surface area contributed by atoms with Crippen molar-refractivity contribution in [3.63, 3.8) is 0 Å². The summed E-state index contributed by atoms with van der Waals surface area (Å²) in [6.07, 6.45) is 5.35. The van der Waals surface area contributed by atoms with Crippen LogP contribution in [-0.4, -0.2) is 5.91 Å². The molecule has 0 spiro atoms. The Labute approximate surface area is 146 Å². The summed E-state index contributed by atoms with van der Waals surface area (Å²) in [7, 11) is 0. The summed E-state index contributed by atoms with van der Waals surface area (Å²) in [5.74, 6) is 0.0633. The van der Waals surface area contributed by atoms with Crippen molar-refractivity contribution >= 4 is 21.8 Å². The van der Waals surface area contributed by atoms with Gasteiger partial charge in [0.15, 0.2) is 0 Å². The van der Waals surface area contributed by atoms with Gasteiger partial charge in [0.1, 0.15) is 0 Å². The molecule has 1 N–H and O–H groups in total. The second kappa shape index (κ2) is 7.31. The lowest BCUT2D eigenvalue weighted by Gasteiger charge is -2.20. The number of rotatable bonds is 4. The Hall–Kier alpha value is -1.61. The monoisotopic (exact) mass is 371 g/mol. The Bertz CT molecular complexity index is 711. The van der Waals surface area contributed by atoms with Crippen LogP contribution in [-0.2, 0) is 24.1 Å². The first kappa shape index (κ1) is 16.3. The molecule has 0 fully saturated rings. The van der Waals surface area contributed by atoms with E-state index in [9.17, 15) is 4.79 Å². The second-order valence-electron chi connectivity index (χ2n) is 6.33. The first-order valence-electron chi connectivity index (χ1n) is 8.27. The van der Waals surface area contributed by atoms with Crippen LogP contribution in [0.5, 0.6) is 0 Å². The Kier molecular flexibility index (Phi) is 5.16. The molecule has 3 rings (SSSR count). The number of hydrogen-bond acceptors (Lipinski definition) is 1. The maximum atomic E-state index is 12.3. The first-order valence-corrected chi connectivity index (χ1v) is 9.06. The predicted octanol–water partition coefficient (Wildman–Crippen LogP) is 4.75. The molecule has 3 heteroatoms. The highest BCUT2D eigenvalue weighted by molar-refractivity contribution is 9.10. The van der Waals surface area contributed by atoms with Crippen LogP contribution in [0.3, 0.4) is 0 Å². The Balaban J connectivity index is 1.64. The van der Waals surface area contributed by atoms with E-state index in [0.29, 0.717) is 6.42 Å². The van der Waals surface area contributed by atoms with E-state index in [1.54, 1.807) is 0 Å². The summed E-state index contributed by atoms with van der Waals surface area (Å²) < 4.78 is 1.01. The second-order valence-corrected chi connectivity index (χ2v) is 7.25. The van der Waals surface area contributed by atoms with Crippen molar-refractivity contribution in [2.45, 2.75) is 45.1 Å². The quantitative estimate of drug-likeness (QED) is 0.825. The fraction of sp³-hybridized carbons (Fsp3) is 0.350. The van der Waals surface area contributed by atoms with Crippen LogP contribution in [0, 0.1) is 0 Å². The van der Waals surface area contributed by atoms with Crippen LogP contribution in [0.2, 0.25) is 0 Å². The van der Waals surface area contributed by atoms with Gasteiger partial charge in [-0.25, -0.2) is 0 Å². The fourth-order valence-electron chi connectivity index (χ4n) is 3.23. The molecule has 1 amide bonds. The van der Waals surface area contributed by atoms with Crippen molar-refractivity contribution in [2.24, 2.45) is 0 Å². The summed E-state index contributed by atoms with van der Waals surface area (Å²) in [6.45, 7) is 2.06. The van der Waals surface area contributed by atoms with Crippen LogP contribution >= 0.6 is 15.9 Å². The van der Waals surface area contributed by atoms with E-state index in [-0.39, 0.29) is 11.9 Å². The van der Waals surface area contributed by atoms with E-state index in [4.69, 9.17) is 0 Å². The molecule has 0 radical (unpaired) electrons. The zero-order valence-electron chi connectivity index (χ0n) is 13.4. The van der Waals surface area contributed by atoms with E-state index >= 15 is 0 Å². The van der Waals surface area contributed by atoms with Crippen LogP contribution in [0.25, 0.3) is 0 Å². The van der Waals surface area contributed by atoms with Crippen LogP contribution in [0.1, 0.15) is 48.1 Å². The normalized spacial score (nSPS) is 14.9. The number of aryl methyl sites for hydroxylation is 2. The van der Waals surface area contributed by atoms with Gasteiger partial charge in [-0.15, -0.1) is 0 Å². The van der Waals surface area contributed by atoms with E-state index < -0.39 is 0 Å². The van der Waals surface area contributed by atoms with Gasteiger partial charge in [-0.2, -0.15) is 0 Å². The maximum absolute atomic E-state index is 12.3. The van der Waals surface area contributed by atoms with Crippen molar-refractivity contribution in [2.75, 3.05) is 0 Å². The fourth-order valence-corrected chi connectivity index (χ4v) is 3.68. The minimum absolute atomic E-state index is 0.0434. The zero-order valence-corrected chi connectivity index (χ0v) is 15.0. The molecule has 1 aliphatic rings. The maximum Gasteiger partial charge on any atom is 0.224 e. The summed E-state index contributed by atoms with van der Waals surface area (Å²) in [6, 6.07) is 14.6. The van der Waals surface area contributed by atoms with Gasteiger partial charge in [0, 0.05) is 4.47 Å². The Morgan fingerprint density at radius 2 is 1.91 bits per heavy atom. The molecule has 2 nitrogen and oxygen atoms in total. The number of carbonyl (C=O) groups excluding carboxylic acids is 1. The Morgan fingerprint density at radius 3 is 2.70 bits per heavy atom. The van der Waals surface area contributed by atoms with Gasteiger partial charge in [0.25, 0.3) is 0 Å². The molecule has 0 saturated heterocycles. The van der Waals surface area contributed by atoms with Crippen molar-refractivity contribution in [3.8, 4) is 0 Å². The molecule has 1 atom stereocenters. The third kappa shape index (κ3) is 4.23. The van der Waals surface area contributed by atoms with E-state index in [1.165, 1.54) is 42.4 Å². The van der Waals surface area contributed by atoms with Crippen molar-refractivity contribution < 1.29 is 4.79 Å². The molecular formula is C20H22BrNO. The van der Waals surface area contributed by atoms with Crippen molar-refractivity contribution in [3.05, 3.63) is 69.2 Å². The van der Waals surface area contributed by atoms with E-state index in [1.807, 2.05) is 24.3 Å². The first-order chi connectivity index (χ1) is 11.1. The van der Waals surface area contributed by atoms with Gasteiger partial charge in [0.2, 0.25) is 5.91 Å². The lowest BCUT2D eigenvalue weighted by atomic mass is 9.89. The third-order valence-corrected chi connectivity index (χ3v) is 5.00. The molecule has 0 unspecified atom stereocenters. The summed E-state index contributed by atoms with van der Waals surface area (Å²) in [4.78, 5) is 12.3. The number of nitrogens with one attached hydrogen (secondary N) is 1. The Morgan fingerprint density at radius 1 is 1.13 bits per heavy atom. The van der Waals surface area contributed by atoms with Gasteiger partial charge in [0.05, 0.1) is 12.5 Å². The molecule has 2 aromatic rings. The number of carbonyl (C=O) groups is 1. The van der Waals surface area contributed by atoms with Gasteiger partial charge in [-0.3, -0.25) is 4.79 Å². The predicted molar refractivity (Wildman–Crippen MR) is 97.5 cm³/mol. The van der Waals surface area contributed by atoms with E-state index in [2.05, 4.69) is 46.4 Å². The highest BCUT2D eigenvalue weighted by Gasteiger charge is 2.14. The molecule has 0 heterocycles. The smallest absolute Gasteiger partial charge is 0.224 e. The largest absolute Gasteiger partial charge is 0.349 e.